The van der Waals surface area contributed by atoms with E-state index in [1.807, 2.05) is 11.5 Å². The summed E-state index contributed by atoms with van der Waals surface area (Å²) in [7, 11) is 0. The zero-order valence-electron chi connectivity index (χ0n) is 18.7. The van der Waals surface area contributed by atoms with E-state index >= 15 is 0 Å². The van der Waals surface area contributed by atoms with Gasteiger partial charge in [-0.2, -0.15) is 5.26 Å². The largest absolute Gasteiger partial charge is 0.452 e. The van der Waals surface area contributed by atoms with Crippen LogP contribution in [0.1, 0.15) is 51.1 Å². The second kappa shape index (κ2) is 9.20. The summed E-state index contributed by atoms with van der Waals surface area (Å²) in [5.74, 6) is -0.890. The van der Waals surface area contributed by atoms with Crippen molar-refractivity contribution in [2.45, 2.75) is 40.0 Å². The fourth-order valence-electron chi connectivity index (χ4n) is 4.29. The molecule has 0 aliphatic heterocycles. The number of aryl methyl sites for hydroxylation is 1. The smallest absolute Gasteiger partial charge is 0.340 e. The molecule has 8 heteroatoms. The highest BCUT2D eigenvalue weighted by molar-refractivity contribution is 7.16. The Morgan fingerprint density at radius 1 is 1.30 bits per heavy atom. The molecule has 3 aromatic rings. The number of thiophene rings is 1. The van der Waals surface area contributed by atoms with Crippen LogP contribution in [0.2, 0.25) is 0 Å². The molecule has 2 aromatic heterocycles. The summed E-state index contributed by atoms with van der Waals surface area (Å²) in [6.07, 6.45) is 2.77. The van der Waals surface area contributed by atoms with E-state index in [1.165, 1.54) is 23.5 Å². The predicted molar refractivity (Wildman–Crippen MR) is 124 cm³/mol. The Balaban J connectivity index is 1.44. The molecule has 1 aromatic carbocycles. The quantitative estimate of drug-likeness (QED) is 0.532. The van der Waals surface area contributed by atoms with Gasteiger partial charge < -0.3 is 14.6 Å². The lowest BCUT2D eigenvalue weighted by atomic mass is 9.89. The maximum Gasteiger partial charge on any atom is 0.340 e. The van der Waals surface area contributed by atoms with Gasteiger partial charge in [0.2, 0.25) is 0 Å². The SMILES string of the molecule is Cc1cc(C(=O)OCC(=O)Nc2sc3c(c2C#N)CCC(C)C3)c(C)n1-c1ccc(F)cc1. The van der Waals surface area contributed by atoms with Crippen molar-refractivity contribution in [3.63, 3.8) is 0 Å². The van der Waals surface area contributed by atoms with Gasteiger partial charge in [0.25, 0.3) is 5.91 Å². The third-order valence-electron chi connectivity index (χ3n) is 5.95. The Morgan fingerprint density at radius 2 is 2.03 bits per heavy atom. The molecule has 1 aliphatic rings. The van der Waals surface area contributed by atoms with Crippen LogP contribution in [0.5, 0.6) is 0 Å². The van der Waals surface area contributed by atoms with Crippen LogP contribution in [-0.4, -0.2) is 23.1 Å². The highest BCUT2D eigenvalue weighted by Gasteiger charge is 2.25. The van der Waals surface area contributed by atoms with Gasteiger partial charge in [0.1, 0.15) is 16.9 Å². The zero-order chi connectivity index (χ0) is 23.7. The molecule has 1 N–H and O–H groups in total. The predicted octanol–water partition coefficient (Wildman–Crippen LogP) is 5.09. The molecule has 1 atom stereocenters. The van der Waals surface area contributed by atoms with Gasteiger partial charge in [0, 0.05) is 22.0 Å². The third kappa shape index (κ3) is 4.55. The van der Waals surface area contributed by atoms with E-state index in [0.29, 0.717) is 27.7 Å². The van der Waals surface area contributed by atoms with E-state index in [0.717, 1.165) is 41.1 Å². The molecule has 2 heterocycles. The van der Waals surface area contributed by atoms with Gasteiger partial charge in [-0.1, -0.05) is 6.92 Å². The standard InChI is InChI=1S/C25H24FN3O3S/c1-14-4-9-19-21(12-27)24(33-22(19)10-14)28-23(30)13-32-25(31)20-11-15(2)29(16(20)3)18-7-5-17(26)6-8-18/h5-8,11,14H,4,9-10,13H2,1-3H3,(H,28,30). The number of ether oxygens (including phenoxy) is 1. The zero-order valence-corrected chi connectivity index (χ0v) is 19.5. The number of benzene rings is 1. The van der Waals surface area contributed by atoms with Crippen molar-refractivity contribution in [2.75, 3.05) is 11.9 Å². The first-order valence-corrected chi connectivity index (χ1v) is 11.6. The molecule has 0 bridgehead atoms. The molecule has 33 heavy (non-hydrogen) atoms. The van der Waals surface area contributed by atoms with Crippen LogP contribution in [0.15, 0.2) is 30.3 Å². The Labute approximate surface area is 195 Å². The average Bonchev–Trinajstić information content (AvgIpc) is 3.27. The number of halogens is 1. The second-order valence-corrected chi connectivity index (χ2v) is 9.49. The molecule has 1 unspecified atom stereocenters. The summed E-state index contributed by atoms with van der Waals surface area (Å²) in [5.41, 5.74) is 4.03. The molecule has 0 saturated heterocycles. The van der Waals surface area contributed by atoms with Crippen molar-refractivity contribution in [1.82, 2.24) is 4.57 Å². The number of nitrogens with zero attached hydrogens (tertiary/aromatic N) is 2. The Morgan fingerprint density at radius 3 is 2.73 bits per heavy atom. The van der Waals surface area contributed by atoms with Crippen LogP contribution in [0.3, 0.4) is 0 Å². The van der Waals surface area contributed by atoms with Gasteiger partial charge in [-0.25, -0.2) is 9.18 Å². The number of carbonyl (C=O) groups excluding carboxylic acids is 2. The van der Waals surface area contributed by atoms with Crippen molar-refractivity contribution >= 4 is 28.2 Å². The van der Waals surface area contributed by atoms with E-state index < -0.39 is 18.5 Å². The molecule has 0 spiro atoms. The highest BCUT2D eigenvalue weighted by Crippen LogP contribution is 2.39. The summed E-state index contributed by atoms with van der Waals surface area (Å²) in [6, 6.07) is 9.87. The van der Waals surface area contributed by atoms with Gasteiger partial charge in [-0.15, -0.1) is 11.3 Å². The second-order valence-electron chi connectivity index (χ2n) is 8.39. The number of hydrogen-bond donors (Lipinski definition) is 1. The molecule has 1 amide bonds. The molecular formula is C25H24FN3O3S. The number of anilines is 1. The molecule has 6 nitrogen and oxygen atoms in total. The number of esters is 1. The fraction of sp³-hybridized carbons (Fsp3) is 0.320. The Hall–Kier alpha value is -3.44. The van der Waals surface area contributed by atoms with Crippen LogP contribution in [0.4, 0.5) is 9.39 Å². The molecule has 0 radical (unpaired) electrons. The van der Waals surface area contributed by atoms with Crippen molar-refractivity contribution in [3.05, 3.63) is 69.1 Å². The number of nitriles is 1. The Bertz CT molecular complexity index is 1270. The maximum absolute atomic E-state index is 13.3. The minimum Gasteiger partial charge on any atom is -0.452 e. The van der Waals surface area contributed by atoms with E-state index in [9.17, 15) is 19.2 Å². The van der Waals surface area contributed by atoms with Crippen LogP contribution >= 0.6 is 11.3 Å². The topological polar surface area (TPSA) is 84.1 Å². The van der Waals surface area contributed by atoms with Crippen LogP contribution < -0.4 is 5.32 Å². The van der Waals surface area contributed by atoms with E-state index in [4.69, 9.17) is 4.74 Å². The first kappa shape index (κ1) is 22.7. The number of carbonyl (C=O) groups is 2. The number of aromatic nitrogens is 1. The normalized spacial score (nSPS) is 14.9. The van der Waals surface area contributed by atoms with Crippen molar-refractivity contribution in [2.24, 2.45) is 5.92 Å². The number of amides is 1. The number of fused-ring (bicyclic) bond motifs is 1. The summed E-state index contributed by atoms with van der Waals surface area (Å²) < 4.78 is 20.3. The molecule has 1 aliphatic carbocycles. The van der Waals surface area contributed by atoms with E-state index in [-0.39, 0.29) is 5.82 Å². The minimum absolute atomic E-state index is 0.336. The van der Waals surface area contributed by atoms with Crippen molar-refractivity contribution in [3.8, 4) is 11.8 Å². The fourth-order valence-corrected chi connectivity index (χ4v) is 5.66. The number of hydrogen-bond acceptors (Lipinski definition) is 5. The average molecular weight is 466 g/mol. The van der Waals surface area contributed by atoms with Gasteiger partial charge in [0.15, 0.2) is 6.61 Å². The lowest BCUT2D eigenvalue weighted by Gasteiger charge is -2.17. The number of rotatable bonds is 5. The molecule has 4 rings (SSSR count). The summed E-state index contributed by atoms with van der Waals surface area (Å²) >= 11 is 1.43. The van der Waals surface area contributed by atoms with Gasteiger partial charge >= 0.3 is 5.97 Å². The molecule has 170 valence electrons. The third-order valence-corrected chi connectivity index (χ3v) is 7.12. The van der Waals surface area contributed by atoms with Crippen LogP contribution in [0.25, 0.3) is 5.69 Å². The van der Waals surface area contributed by atoms with Crippen LogP contribution in [-0.2, 0) is 22.4 Å². The van der Waals surface area contributed by atoms with Crippen molar-refractivity contribution < 1.29 is 18.7 Å². The summed E-state index contributed by atoms with van der Waals surface area (Å²) in [6.45, 7) is 5.33. The first-order chi connectivity index (χ1) is 15.8. The molecular weight excluding hydrogens is 441 g/mol. The first-order valence-electron chi connectivity index (χ1n) is 10.7. The lowest BCUT2D eigenvalue weighted by Crippen LogP contribution is -2.21. The van der Waals surface area contributed by atoms with Crippen LogP contribution in [0, 0.1) is 36.9 Å². The van der Waals surface area contributed by atoms with Gasteiger partial charge in [-0.05, 0) is 74.9 Å². The summed E-state index contributed by atoms with van der Waals surface area (Å²) in [4.78, 5) is 26.3. The minimum atomic E-state index is -0.619. The number of nitrogens with one attached hydrogen (secondary N) is 1. The molecule has 0 saturated carbocycles. The monoisotopic (exact) mass is 465 g/mol. The lowest BCUT2D eigenvalue weighted by molar-refractivity contribution is -0.119. The van der Waals surface area contributed by atoms with Crippen molar-refractivity contribution in [1.29, 1.82) is 5.26 Å². The summed E-state index contributed by atoms with van der Waals surface area (Å²) in [5, 5.41) is 12.8. The van der Waals surface area contributed by atoms with E-state index in [2.05, 4.69) is 18.3 Å². The van der Waals surface area contributed by atoms with Gasteiger partial charge in [-0.3, -0.25) is 4.79 Å². The molecule has 0 fully saturated rings. The maximum atomic E-state index is 13.3. The Kier molecular flexibility index (Phi) is 6.34. The highest BCUT2D eigenvalue weighted by atomic mass is 32.1. The van der Waals surface area contributed by atoms with Gasteiger partial charge in [0.05, 0.1) is 11.1 Å². The van der Waals surface area contributed by atoms with E-state index in [1.54, 1.807) is 25.1 Å².